The van der Waals surface area contributed by atoms with Crippen molar-refractivity contribution < 1.29 is 18.3 Å². The highest BCUT2D eigenvalue weighted by atomic mass is 79.9. The quantitative estimate of drug-likeness (QED) is 0.365. The number of halogens is 7. The Morgan fingerprint density at radius 2 is 1.73 bits per heavy atom. The first-order chi connectivity index (χ1) is 12.2. The summed E-state index contributed by atoms with van der Waals surface area (Å²) in [7, 11) is 0. The Kier molecular flexibility index (Phi) is 5.54. The van der Waals surface area contributed by atoms with Gasteiger partial charge in [-0.05, 0) is 50.1 Å². The number of aliphatic hydroxyl groups is 1. The van der Waals surface area contributed by atoms with Crippen molar-refractivity contribution >= 4 is 71.7 Å². The van der Waals surface area contributed by atoms with Crippen molar-refractivity contribution in [2.45, 2.75) is 0 Å². The summed E-state index contributed by atoms with van der Waals surface area (Å²) in [5.41, 5.74) is 0.0911. The maximum atomic E-state index is 14.9. The van der Waals surface area contributed by atoms with E-state index in [1.54, 1.807) is 0 Å². The van der Waals surface area contributed by atoms with Gasteiger partial charge in [0.25, 0.3) is 0 Å². The summed E-state index contributed by atoms with van der Waals surface area (Å²) < 4.78 is 41.5. The van der Waals surface area contributed by atoms with Crippen molar-refractivity contribution in [3.8, 4) is 0 Å². The highest BCUT2D eigenvalue weighted by molar-refractivity contribution is 9.11. The molecule has 0 saturated carbocycles. The molecule has 0 amide bonds. The van der Waals surface area contributed by atoms with Crippen LogP contribution in [0.15, 0.2) is 50.1 Å². The number of aliphatic hydroxyl groups excluding tert-OH is 1. The number of quaternary nitrogens is 1. The molecule has 1 aliphatic rings. The third-order valence-electron chi connectivity index (χ3n) is 3.85. The molecule has 1 unspecified atom stereocenters. The molecule has 1 N–H and O–H groups in total. The second-order valence-corrected chi connectivity index (χ2v) is 7.61. The van der Waals surface area contributed by atoms with Crippen LogP contribution < -0.4 is 4.48 Å². The minimum atomic E-state index is -0.959. The van der Waals surface area contributed by atoms with E-state index in [2.05, 4.69) is 36.9 Å². The van der Waals surface area contributed by atoms with Crippen molar-refractivity contribution in [2.75, 3.05) is 6.61 Å². The molecule has 0 aliphatic carbocycles. The van der Waals surface area contributed by atoms with Gasteiger partial charge in [-0.2, -0.15) is 9.48 Å². The molecule has 0 fully saturated rings. The fourth-order valence-corrected chi connectivity index (χ4v) is 4.83. The van der Waals surface area contributed by atoms with E-state index >= 15 is 0 Å². The molecule has 3 rings (SSSR count). The lowest BCUT2D eigenvalue weighted by Crippen LogP contribution is -2.46. The third-order valence-corrected chi connectivity index (χ3v) is 5.73. The summed E-state index contributed by atoms with van der Waals surface area (Å²) in [5, 5.41) is 9.65. The predicted octanol–water partition coefficient (Wildman–Crippen LogP) is 6.32. The van der Waals surface area contributed by atoms with E-state index in [9.17, 15) is 18.3 Å². The van der Waals surface area contributed by atoms with Gasteiger partial charge in [0.05, 0.1) is 4.47 Å². The number of aliphatic imine (C=N–C) groups is 1. The molecule has 1 heterocycles. The van der Waals surface area contributed by atoms with E-state index in [1.165, 1.54) is 6.07 Å². The second kappa shape index (κ2) is 7.26. The van der Waals surface area contributed by atoms with Gasteiger partial charge in [-0.1, -0.05) is 11.6 Å². The summed E-state index contributed by atoms with van der Waals surface area (Å²) in [6, 6.07) is 5.15. The highest BCUT2D eigenvalue weighted by Crippen LogP contribution is 2.52. The zero-order chi connectivity index (χ0) is 19.2. The smallest absolute Gasteiger partial charge is 0.316 e. The van der Waals surface area contributed by atoms with Crippen LogP contribution in [0.2, 0.25) is 5.02 Å². The third kappa shape index (κ3) is 2.93. The molecule has 0 spiro atoms. The largest absolute Gasteiger partial charge is 0.386 e. The van der Waals surface area contributed by atoms with E-state index in [0.29, 0.717) is 6.07 Å². The van der Waals surface area contributed by atoms with Crippen LogP contribution in [0.3, 0.4) is 0 Å². The van der Waals surface area contributed by atoms with Crippen molar-refractivity contribution in [1.82, 2.24) is 4.48 Å². The first-order valence-corrected chi connectivity index (χ1v) is 9.32. The van der Waals surface area contributed by atoms with E-state index in [1.807, 2.05) is 0 Å². The molecule has 2 aromatic carbocycles. The molecular formula is C16H8Br2Cl2F3N2O+. The minimum absolute atomic E-state index is 0.0249. The number of rotatable bonds is 3. The molecule has 1 atom stereocenters. The molecule has 136 valence electrons. The Labute approximate surface area is 173 Å². The molecule has 3 nitrogen and oxygen atoms in total. The van der Waals surface area contributed by atoms with Crippen LogP contribution in [0.5, 0.6) is 0 Å². The predicted molar refractivity (Wildman–Crippen MR) is 103 cm³/mol. The molecule has 0 bridgehead atoms. The van der Waals surface area contributed by atoms with Gasteiger partial charge < -0.3 is 5.11 Å². The fraction of sp³-hybridized carbons (Fsp3) is 0.0625. The zero-order valence-electron chi connectivity index (χ0n) is 12.6. The van der Waals surface area contributed by atoms with E-state index in [0.717, 1.165) is 18.2 Å². The van der Waals surface area contributed by atoms with Gasteiger partial charge >= 0.3 is 5.29 Å². The first-order valence-electron chi connectivity index (χ1n) is 6.98. The van der Waals surface area contributed by atoms with Crippen LogP contribution in [0.4, 0.5) is 24.5 Å². The lowest BCUT2D eigenvalue weighted by molar-refractivity contribution is 0.310. The van der Waals surface area contributed by atoms with Crippen molar-refractivity contribution in [2.24, 2.45) is 4.99 Å². The van der Waals surface area contributed by atoms with Crippen LogP contribution in [0.1, 0.15) is 0 Å². The van der Waals surface area contributed by atoms with Crippen LogP contribution in [-0.4, -0.2) is 17.0 Å². The molecule has 10 heteroatoms. The fourth-order valence-electron chi connectivity index (χ4n) is 2.84. The average Bonchev–Trinajstić information content (AvgIpc) is 2.77. The molecule has 26 heavy (non-hydrogen) atoms. The summed E-state index contributed by atoms with van der Waals surface area (Å²) in [5.74, 6) is -2.39. The summed E-state index contributed by atoms with van der Waals surface area (Å²) in [6.07, 6.45) is 0. The maximum Gasteiger partial charge on any atom is 0.316 e. The number of hydrogen-bond acceptors (Lipinski definition) is 2. The molecule has 2 aromatic rings. The Morgan fingerprint density at radius 3 is 2.31 bits per heavy atom. The molecule has 1 aliphatic heterocycles. The summed E-state index contributed by atoms with van der Waals surface area (Å²) in [6.45, 7) is -0.586. The van der Waals surface area contributed by atoms with Gasteiger partial charge in [-0.15, -0.1) is 0 Å². The van der Waals surface area contributed by atoms with Gasteiger partial charge in [0, 0.05) is 23.7 Å². The lowest BCUT2D eigenvalue weighted by atomic mass is 10.1. The number of benzene rings is 2. The Balaban J connectivity index is 2.50. The van der Waals surface area contributed by atoms with Gasteiger partial charge in [0.1, 0.15) is 23.3 Å². The molecule has 0 aromatic heterocycles. The van der Waals surface area contributed by atoms with Crippen LogP contribution in [-0.2, 0) is 0 Å². The van der Waals surface area contributed by atoms with E-state index in [4.69, 9.17) is 23.2 Å². The van der Waals surface area contributed by atoms with Crippen molar-refractivity contribution in [1.29, 1.82) is 0 Å². The van der Waals surface area contributed by atoms with Crippen LogP contribution in [0, 0.1) is 17.5 Å². The normalized spacial score (nSPS) is 19.9. The second-order valence-electron chi connectivity index (χ2n) is 5.26. The topological polar surface area (TPSA) is 32.6 Å². The summed E-state index contributed by atoms with van der Waals surface area (Å²) in [4.78, 5) is 4.07. The Hall–Kier alpha value is -0.900. The minimum Gasteiger partial charge on any atom is -0.386 e. The van der Waals surface area contributed by atoms with Gasteiger partial charge in [-0.3, -0.25) is 0 Å². The monoisotopic (exact) mass is 529 g/mol. The first kappa shape index (κ1) is 19.9. The number of hydrogen-bond donors (Lipinski definition) is 1. The van der Waals surface area contributed by atoms with Crippen molar-refractivity contribution in [3.05, 3.63) is 67.6 Å². The van der Waals surface area contributed by atoms with E-state index in [-0.39, 0.29) is 36.5 Å². The van der Waals surface area contributed by atoms with Gasteiger partial charge in [0.15, 0.2) is 21.8 Å². The lowest BCUT2D eigenvalue weighted by Gasteiger charge is -2.34. The molecule has 0 radical (unpaired) electrons. The standard InChI is InChI=1S/C16H8Br2Cl2F3N2O/c17-9-3-8(22)5-11(23)14(9)25(12-2-1-7(21)4-10(12)19)13(6-26)15(18)24-16(25)20/h1-5,26H,6H2/q+1. The number of amidine groups is 1. The summed E-state index contributed by atoms with van der Waals surface area (Å²) >= 11 is 18.9. The van der Waals surface area contributed by atoms with Crippen molar-refractivity contribution in [3.63, 3.8) is 0 Å². The van der Waals surface area contributed by atoms with E-state index < -0.39 is 28.5 Å². The Morgan fingerprint density at radius 1 is 1.04 bits per heavy atom. The Bertz CT molecular complexity index is 961. The average molecular weight is 532 g/mol. The highest BCUT2D eigenvalue weighted by Gasteiger charge is 2.53. The van der Waals surface area contributed by atoms with Gasteiger partial charge in [-0.25, -0.2) is 13.2 Å². The zero-order valence-corrected chi connectivity index (χ0v) is 17.3. The maximum absolute atomic E-state index is 14.9. The number of nitrogens with zero attached hydrogens (tertiary/aromatic N) is 2. The molecule has 0 saturated heterocycles. The van der Waals surface area contributed by atoms with Gasteiger partial charge in [0.2, 0.25) is 5.69 Å². The van der Waals surface area contributed by atoms with Crippen LogP contribution in [0.25, 0.3) is 0 Å². The SMILES string of the molecule is OCC1=C(Br)N=C(Cl)[N+]1(c1ccc(F)cc1Cl)c1c(F)cc(F)cc1Br. The molecular weight excluding hydrogens is 524 g/mol. The van der Waals surface area contributed by atoms with Crippen LogP contribution >= 0.6 is 55.1 Å².